The van der Waals surface area contributed by atoms with Gasteiger partial charge >= 0.3 is 0 Å². The van der Waals surface area contributed by atoms with Gasteiger partial charge in [0.15, 0.2) is 5.76 Å². The molecule has 0 unspecified atom stereocenters. The molecule has 0 fully saturated rings. The molecule has 1 aromatic carbocycles. The molecule has 0 aliphatic carbocycles. The zero-order valence-electron chi connectivity index (χ0n) is 17.4. The van der Waals surface area contributed by atoms with Gasteiger partial charge in [-0.15, -0.1) is 11.3 Å². The van der Waals surface area contributed by atoms with E-state index in [-0.39, 0.29) is 11.9 Å². The lowest BCUT2D eigenvalue weighted by atomic mass is 10.0. The standard InChI is InChI=1S/C23H28N2O3S/c1-5-17(4)25(23(26)21-11-8-12-27-21)13-18-15-29-22(24-18)14-28-20-10-7-6-9-19(20)16(2)3/h6-12,15-17H,5,13-14H2,1-4H3/t17-/m1/s1. The molecule has 29 heavy (non-hydrogen) atoms. The van der Waals surface area contributed by atoms with E-state index in [0.717, 1.165) is 22.9 Å². The molecule has 2 aromatic heterocycles. The van der Waals surface area contributed by atoms with Gasteiger partial charge in [-0.25, -0.2) is 4.98 Å². The van der Waals surface area contributed by atoms with Gasteiger partial charge in [-0.3, -0.25) is 4.79 Å². The van der Waals surface area contributed by atoms with Crippen LogP contribution in [0, 0.1) is 0 Å². The van der Waals surface area contributed by atoms with Crippen LogP contribution in [0.5, 0.6) is 5.75 Å². The zero-order valence-corrected chi connectivity index (χ0v) is 18.2. The van der Waals surface area contributed by atoms with Gasteiger partial charge in [-0.2, -0.15) is 0 Å². The lowest BCUT2D eigenvalue weighted by molar-refractivity contribution is 0.0636. The number of aromatic nitrogens is 1. The normalized spacial score (nSPS) is 12.2. The molecular weight excluding hydrogens is 384 g/mol. The summed E-state index contributed by atoms with van der Waals surface area (Å²) in [4.78, 5) is 19.3. The first-order chi connectivity index (χ1) is 14.0. The fourth-order valence-electron chi connectivity index (χ4n) is 3.08. The third-order valence-electron chi connectivity index (χ3n) is 4.94. The van der Waals surface area contributed by atoms with E-state index in [9.17, 15) is 4.79 Å². The van der Waals surface area contributed by atoms with E-state index in [4.69, 9.17) is 9.15 Å². The number of nitrogens with zero attached hydrogens (tertiary/aromatic N) is 2. The summed E-state index contributed by atoms with van der Waals surface area (Å²) >= 11 is 1.56. The maximum Gasteiger partial charge on any atom is 0.290 e. The van der Waals surface area contributed by atoms with Crippen LogP contribution in [0.2, 0.25) is 0 Å². The Morgan fingerprint density at radius 3 is 2.69 bits per heavy atom. The Labute approximate surface area is 176 Å². The summed E-state index contributed by atoms with van der Waals surface area (Å²) < 4.78 is 11.3. The van der Waals surface area contributed by atoms with E-state index in [1.165, 1.54) is 11.8 Å². The SMILES string of the molecule is CC[C@@H](C)N(Cc1csc(COc2ccccc2C(C)C)n1)C(=O)c1ccco1. The quantitative estimate of drug-likeness (QED) is 0.440. The number of rotatable bonds is 9. The van der Waals surface area contributed by atoms with Crippen molar-refractivity contribution < 1.29 is 13.9 Å². The predicted octanol–water partition coefficient (Wildman–Crippen LogP) is 5.88. The highest BCUT2D eigenvalue weighted by atomic mass is 32.1. The van der Waals surface area contributed by atoms with Crippen molar-refractivity contribution in [3.05, 3.63) is 70.1 Å². The first-order valence-corrected chi connectivity index (χ1v) is 10.9. The van der Waals surface area contributed by atoms with Crippen molar-refractivity contribution in [3.8, 4) is 5.75 Å². The van der Waals surface area contributed by atoms with Gasteiger partial charge in [0, 0.05) is 11.4 Å². The molecule has 3 rings (SSSR count). The summed E-state index contributed by atoms with van der Waals surface area (Å²) in [6.07, 6.45) is 2.38. The van der Waals surface area contributed by atoms with Crippen LogP contribution in [0.1, 0.15) is 66.9 Å². The van der Waals surface area contributed by atoms with Gasteiger partial charge < -0.3 is 14.1 Å². The number of furan rings is 1. The Hall–Kier alpha value is -2.60. The van der Waals surface area contributed by atoms with Crippen LogP contribution in [-0.2, 0) is 13.2 Å². The zero-order chi connectivity index (χ0) is 20.8. The molecule has 0 saturated carbocycles. The first kappa shape index (κ1) is 21.1. The van der Waals surface area contributed by atoms with Crippen LogP contribution in [0.15, 0.2) is 52.5 Å². The number of hydrogen-bond donors (Lipinski definition) is 0. The van der Waals surface area contributed by atoms with Crippen LogP contribution in [0.3, 0.4) is 0 Å². The second-order valence-electron chi connectivity index (χ2n) is 7.38. The fraction of sp³-hybridized carbons (Fsp3) is 0.391. The van der Waals surface area contributed by atoms with Crippen LogP contribution in [0.25, 0.3) is 0 Å². The van der Waals surface area contributed by atoms with Crippen LogP contribution in [0.4, 0.5) is 0 Å². The highest BCUT2D eigenvalue weighted by Gasteiger charge is 2.23. The van der Waals surface area contributed by atoms with Crippen molar-refractivity contribution in [2.45, 2.75) is 59.2 Å². The average molecular weight is 413 g/mol. The molecule has 1 atom stereocenters. The molecule has 0 N–H and O–H groups in total. The van der Waals surface area contributed by atoms with Crippen molar-refractivity contribution in [1.82, 2.24) is 9.88 Å². The van der Waals surface area contributed by atoms with Crippen molar-refractivity contribution in [1.29, 1.82) is 0 Å². The molecule has 2 heterocycles. The molecule has 154 valence electrons. The molecular formula is C23H28N2O3S. The molecule has 6 heteroatoms. The van der Waals surface area contributed by atoms with Crippen LogP contribution >= 0.6 is 11.3 Å². The summed E-state index contributed by atoms with van der Waals surface area (Å²) in [7, 11) is 0. The Morgan fingerprint density at radius 2 is 2.00 bits per heavy atom. The van der Waals surface area contributed by atoms with E-state index >= 15 is 0 Å². The number of hydrogen-bond acceptors (Lipinski definition) is 5. The molecule has 1 amide bonds. The number of ether oxygens (including phenoxy) is 1. The number of benzene rings is 1. The third kappa shape index (κ3) is 5.26. The lowest BCUT2D eigenvalue weighted by Gasteiger charge is -2.27. The largest absolute Gasteiger partial charge is 0.486 e. The minimum Gasteiger partial charge on any atom is -0.486 e. The number of carbonyl (C=O) groups excluding carboxylic acids is 1. The minimum absolute atomic E-state index is 0.0897. The summed E-state index contributed by atoms with van der Waals surface area (Å²) in [5.41, 5.74) is 2.06. The molecule has 0 aliphatic rings. The first-order valence-electron chi connectivity index (χ1n) is 9.99. The maximum absolute atomic E-state index is 12.8. The number of thiazole rings is 1. The van der Waals surface area contributed by atoms with Crippen molar-refractivity contribution >= 4 is 17.2 Å². The van der Waals surface area contributed by atoms with Gasteiger partial charge in [0.2, 0.25) is 0 Å². The Bertz CT molecular complexity index is 918. The highest BCUT2D eigenvalue weighted by Crippen LogP contribution is 2.27. The van der Waals surface area contributed by atoms with Crippen molar-refractivity contribution in [2.75, 3.05) is 0 Å². The summed E-state index contributed by atoms with van der Waals surface area (Å²) in [5, 5.41) is 2.89. The maximum atomic E-state index is 12.8. The molecule has 0 bridgehead atoms. The summed E-state index contributed by atoms with van der Waals surface area (Å²) in [6, 6.07) is 11.6. The topological polar surface area (TPSA) is 55.6 Å². The van der Waals surface area contributed by atoms with Gasteiger partial charge in [-0.1, -0.05) is 39.0 Å². The molecule has 0 spiro atoms. The van der Waals surface area contributed by atoms with E-state index in [0.29, 0.717) is 24.8 Å². The molecule has 3 aromatic rings. The predicted molar refractivity (Wildman–Crippen MR) is 115 cm³/mol. The van der Waals surface area contributed by atoms with E-state index in [1.54, 1.807) is 23.5 Å². The second kappa shape index (κ2) is 9.74. The molecule has 0 saturated heterocycles. The van der Waals surface area contributed by atoms with Gasteiger partial charge in [0.25, 0.3) is 5.91 Å². The van der Waals surface area contributed by atoms with Gasteiger partial charge in [-0.05, 0) is 43.0 Å². The van der Waals surface area contributed by atoms with E-state index in [2.05, 4.69) is 31.8 Å². The summed E-state index contributed by atoms with van der Waals surface area (Å²) in [5.74, 6) is 1.54. The van der Waals surface area contributed by atoms with Crippen molar-refractivity contribution in [3.63, 3.8) is 0 Å². The average Bonchev–Trinajstić information content (AvgIpc) is 3.41. The summed E-state index contributed by atoms with van der Waals surface area (Å²) in [6.45, 7) is 9.30. The molecule has 5 nitrogen and oxygen atoms in total. The van der Waals surface area contributed by atoms with Gasteiger partial charge in [0.05, 0.1) is 18.5 Å². The molecule has 0 aliphatic heterocycles. The molecule has 0 radical (unpaired) electrons. The fourth-order valence-corrected chi connectivity index (χ4v) is 3.78. The van der Waals surface area contributed by atoms with Crippen molar-refractivity contribution in [2.24, 2.45) is 0 Å². The van der Waals surface area contributed by atoms with E-state index < -0.39 is 0 Å². The number of amides is 1. The Kier molecular flexibility index (Phi) is 7.09. The van der Waals surface area contributed by atoms with E-state index in [1.807, 2.05) is 35.4 Å². The van der Waals surface area contributed by atoms with Crippen LogP contribution in [-0.4, -0.2) is 21.8 Å². The minimum atomic E-state index is -0.110. The smallest absolute Gasteiger partial charge is 0.290 e. The number of para-hydroxylation sites is 1. The Balaban J connectivity index is 1.68. The monoisotopic (exact) mass is 412 g/mol. The van der Waals surface area contributed by atoms with Gasteiger partial charge in [0.1, 0.15) is 17.4 Å². The lowest BCUT2D eigenvalue weighted by Crippen LogP contribution is -2.37. The number of carbonyl (C=O) groups is 1. The van der Waals surface area contributed by atoms with Crippen LogP contribution < -0.4 is 4.74 Å². The third-order valence-corrected chi connectivity index (χ3v) is 5.81. The Morgan fingerprint density at radius 1 is 1.21 bits per heavy atom. The second-order valence-corrected chi connectivity index (χ2v) is 8.32. The highest BCUT2D eigenvalue weighted by molar-refractivity contribution is 7.09.